The number of hydrogen-bond acceptors (Lipinski definition) is 2. The molecule has 1 unspecified atom stereocenters. The van der Waals surface area contributed by atoms with Gasteiger partial charge in [0.2, 0.25) is 5.91 Å². The number of anilines is 2. The molecule has 2 rings (SSSR count). The normalized spacial score (nSPS) is 21.1. The second-order valence-corrected chi connectivity index (χ2v) is 4.44. The second-order valence-electron chi connectivity index (χ2n) is 3.82. The SMILES string of the molecule is Cc1cccc(N)c1N1CC(Cl)CC1=O. The highest BCUT2D eigenvalue weighted by Crippen LogP contribution is 2.31. The number of carbonyl (C=O) groups is 1. The summed E-state index contributed by atoms with van der Waals surface area (Å²) in [7, 11) is 0. The van der Waals surface area contributed by atoms with E-state index < -0.39 is 0 Å². The zero-order valence-corrected chi connectivity index (χ0v) is 9.29. The van der Waals surface area contributed by atoms with E-state index >= 15 is 0 Å². The van der Waals surface area contributed by atoms with Gasteiger partial charge in [0.15, 0.2) is 0 Å². The minimum Gasteiger partial charge on any atom is -0.397 e. The van der Waals surface area contributed by atoms with Gasteiger partial charge in [-0.15, -0.1) is 11.6 Å². The molecule has 1 aromatic rings. The maximum Gasteiger partial charge on any atom is 0.228 e. The minimum atomic E-state index is -0.100. The third kappa shape index (κ3) is 1.79. The number of nitrogen functional groups attached to an aromatic ring is 1. The maximum absolute atomic E-state index is 11.7. The van der Waals surface area contributed by atoms with Crippen molar-refractivity contribution in [2.24, 2.45) is 0 Å². The summed E-state index contributed by atoms with van der Waals surface area (Å²) in [6.07, 6.45) is 0.398. The number of nitrogens with zero attached hydrogens (tertiary/aromatic N) is 1. The van der Waals surface area contributed by atoms with Gasteiger partial charge < -0.3 is 10.6 Å². The van der Waals surface area contributed by atoms with Crippen LogP contribution in [-0.4, -0.2) is 17.8 Å². The van der Waals surface area contributed by atoms with E-state index in [9.17, 15) is 4.79 Å². The fourth-order valence-electron chi connectivity index (χ4n) is 1.93. The lowest BCUT2D eigenvalue weighted by atomic mass is 10.1. The van der Waals surface area contributed by atoms with E-state index in [1.807, 2.05) is 19.1 Å². The Morgan fingerprint density at radius 1 is 1.53 bits per heavy atom. The number of aryl methyl sites for hydroxylation is 1. The van der Waals surface area contributed by atoms with Crippen molar-refractivity contribution in [3.8, 4) is 0 Å². The standard InChI is InChI=1S/C11H13ClN2O/c1-7-3-2-4-9(13)11(7)14-6-8(12)5-10(14)15/h2-4,8H,5-6,13H2,1H3. The van der Waals surface area contributed by atoms with Crippen LogP contribution in [0.25, 0.3) is 0 Å². The predicted octanol–water partition coefficient (Wildman–Crippen LogP) is 1.92. The van der Waals surface area contributed by atoms with Crippen molar-refractivity contribution in [1.29, 1.82) is 0 Å². The van der Waals surface area contributed by atoms with Crippen LogP contribution in [-0.2, 0) is 4.79 Å². The zero-order valence-electron chi connectivity index (χ0n) is 8.53. The van der Waals surface area contributed by atoms with E-state index in [1.54, 1.807) is 11.0 Å². The number of nitrogens with two attached hydrogens (primary N) is 1. The van der Waals surface area contributed by atoms with Crippen molar-refractivity contribution in [3.63, 3.8) is 0 Å². The summed E-state index contributed by atoms with van der Waals surface area (Å²) in [5.74, 6) is 0.0519. The highest BCUT2D eigenvalue weighted by Gasteiger charge is 2.30. The summed E-state index contributed by atoms with van der Waals surface area (Å²) >= 11 is 5.95. The molecule has 1 atom stereocenters. The van der Waals surface area contributed by atoms with Crippen molar-refractivity contribution in [3.05, 3.63) is 23.8 Å². The number of halogens is 1. The van der Waals surface area contributed by atoms with Gasteiger partial charge in [-0.3, -0.25) is 4.79 Å². The Labute approximate surface area is 93.8 Å². The Balaban J connectivity index is 2.41. The van der Waals surface area contributed by atoms with Crippen LogP contribution in [0.5, 0.6) is 0 Å². The van der Waals surface area contributed by atoms with Gasteiger partial charge >= 0.3 is 0 Å². The number of hydrogen-bond donors (Lipinski definition) is 1. The smallest absolute Gasteiger partial charge is 0.228 e. The van der Waals surface area contributed by atoms with E-state index in [0.717, 1.165) is 11.3 Å². The molecule has 0 aromatic heterocycles. The summed E-state index contributed by atoms with van der Waals surface area (Å²) in [5, 5.41) is -0.100. The van der Waals surface area contributed by atoms with Crippen LogP contribution in [0, 0.1) is 6.92 Å². The molecule has 1 aliphatic rings. The number of carbonyl (C=O) groups excluding carboxylic acids is 1. The van der Waals surface area contributed by atoms with Gasteiger partial charge in [-0.2, -0.15) is 0 Å². The predicted molar refractivity (Wildman–Crippen MR) is 62.2 cm³/mol. The summed E-state index contributed by atoms with van der Waals surface area (Å²) in [4.78, 5) is 13.4. The molecular formula is C11H13ClN2O. The van der Waals surface area contributed by atoms with Crippen LogP contribution in [0.1, 0.15) is 12.0 Å². The molecule has 0 saturated carbocycles. The van der Waals surface area contributed by atoms with Crippen LogP contribution in [0.4, 0.5) is 11.4 Å². The Bertz CT molecular complexity index is 385. The largest absolute Gasteiger partial charge is 0.397 e. The minimum absolute atomic E-state index is 0.0519. The molecular weight excluding hydrogens is 212 g/mol. The molecule has 1 aliphatic heterocycles. The number of benzene rings is 1. The summed E-state index contributed by atoms with van der Waals surface area (Å²) in [6.45, 7) is 2.50. The number of rotatable bonds is 1. The molecule has 0 spiro atoms. The number of amides is 1. The topological polar surface area (TPSA) is 46.3 Å². The third-order valence-electron chi connectivity index (χ3n) is 2.62. The van der Waals surface area contributed by atoms with Gasteiger partial charge in [0.25, 0.3) is 0 Å². The molecule has 15 heavy (non-hydrogen) atoms. The van der Waals surface area contributed by atoms with Gasteiger partial charge in [0, 0.05) is 13.0 Å². The Morgan fingerprint density at radius 2 is 2.27 bits per heavy atom. The third-order valence-corrected chi connectivity index (χ3v) is 2.91. The van der Waals surface area contributed by atoms with Crippen LogP contribution in [0.3, 0.4) is 0 Å². The molecule has 4 heteroatoms. The maximum atomic E-state index is 11.7. The van der Waals surface area contributed by atoms with E-state index in [-0.39, 0.29) is 11.3 Å². The first kappa shape index (κ1) is 10.3. The van der Waals surface area contributed by atoms with Crippen molar-refractivity contribution >= 4 is 28.9 Å². The second kappa shape index (κ2) is 3.74. The van der Waals surface area contributed by atoms with E-state index in [0.29, 0.717) is 18.7 Å². The summed E-state index contributed by atoms with van der Waals surface area (Å²) in [6, 6.07) is 5.63. The molecule has 2 N–H and O–H groups in total. The van der Waals surface area contributed by atoms with Gasteiger partial charge in [0.1, 0.15) is 0 Å². The zero-order chi connectivity index (χ0) is 11.0. The van der Waals surface area contributed by atoms with E-state index in [1.165, 1.54) is 0 Å². The van der Waals surface area contributed by atoms with Gasteiger partial charge in [-0.1, -0.05) is 12.1 Å². The first-order valence-electron chi connectivity index (χ1n) is 4.89. The molecule has 80 valence electrons. The van der Waals surface area contributed by atoms with E-state index in [2.05, 4.69) is 0 Å². The summed E-state index contributed by atoms with van der Waals surface area (Å²) < 4.78 is 0. The molecule has 3 nitrogen and oxygen atoms in total. The van der Waals surface area contributed by atoms with Crippen LogP contribution < -0.4 is 10.6 Å². The first-order valence-corrected chi connectivity index (χ1v) is 5.32. The molecule has 1 aromatic carbocycles. The van der Waals surface area contributed by atoms with Crippen LogP contribution in [0.15, 0.2) is 18.2 Å². The molecule has 0 aliphatic carbocycles. The highest BCUT2D eigenvalue weighted by atomic mass is 35.5. The lowest BCUT2D eigenvalue weighted by Gasteiger charge is -2.20. The van der Waals surface area contributed by atoms with Crippen molar-refractivity contribution < 1.29 is 4.79 Å². The Kier molecular flexibility index (Phi) is 2.57. The molecule has 1 fully saturated rings. The van der Waals surface area contributed by atoms with Gasteiger partial charge in [-0.25, -0.2) is 0 Å². The molecule has 0 radical (unpaired) electrons. The van der Waals surface area contributed by atoms with Gasteiger partial charge in [0.05, 0.1) is 16.8 Å². The first-order chi connectivity index (χ1) is 7.09. The van der Waals surface area contributed by atoms with Gasteiger partial charge in [-0.05, 0) is 18.6 Å². The van der Waals surface area contributed by atoms with Crippen LogP contribution in [0.2, 0.25) is 0 Å². The molecule has 1 heterocycles. The highest BCUT2D eigenvalue weighted by molar-refractivity contribution is 6.24. The fraction of sp³-hybridized carbons (Fsp3) is 0.364. The van der Waals surface area contributed by atoms with Crippen molar-refractivity contribution in [2.75, 3.05) is 17.2 Å². The lowest BCUT2D eigenvalue weighted by Crippen LogP contribution is -2.26. The lowest BCUT2D eigenvalue weighted by molar-refractivity contribution is -0.117. The monoisotopic (exact) mass is 224 g/mol. The molecule has 0 bridgehead atoms. The molecule has 1 saturated heterocycles. The van der Waals surface area contributed by atoms with Crippen molar-refractivity contribution in [1.82, 2.24) is 0 Å². The van der Waals surface area contributed by atoms with Crippen molar-refractivity contribution in [2.45, 2.75) is 18.7 Å². The molecule has 1 amide bonds. The fourth-order valence-corrected chi connectivity index (χ4v) is 2.20. The summed E-state index contributed by atoms with van der Waals surface area (Å²) in [5.41, 5.74) is 8.32. The van der Waals surface area contributed by atoms with Crippen LogP contribution >= 0.6 is 11.6 Å². The number of alkyl halides is 1. The van der Waals surface area contributed by atoms with E-state index in [4.69, 9.17) is 17.3 Å². The quantitative estimate of drug-likeness (QED) is 0.585. The number of para-hydroxylation sites is 1. The Morgan fingerprint density at radius 3 is 2.80 bits per heavy atom. The Hall–Kier alpha value is -1.22. The average Bonchev–Trinajstić information content (AvgIpc) is 2.45. The average molecular weight is 225 g/mol.